The van der Waals surface area contributed by atoms with Crippen LogP contribution in [0.1, 0.15) is 43.6 Å². The fourth-order valence-corrected chi connectivity index (χ4v) is 2.89. The van der Waals surface area contributed by atoms with E-state index in [1.165, 1.54) is 18.7 Å². The number of carbonyl (C=O) groups is 2. The Labute approximate surface area is 129 Å². The molecule has 1 aliphatic carbocycles. The first kappa shape index (κ1) is 15.9. The topological polar surface area (TPSA) is 71.2 Å². The number of carbonyl (C=O) groups excluding carboxylic acids is 2. The summed E-state index contributed by atoms with van der Waals surface area (Å²) in [6.45, 7) is 4.09. The Balaban J connectivity index is 1.78. The van der Waals surface area contributed by atoms with Gasteiger partial charge in [-0.05, 0) is 24.3 Å². The quantitative estimate of drug-likeness (QED) is 0.840. The van der Waals surface area contributed by atoms with Gasteiger partial charge in [-0.3, -0.25) is 4.79 Å². The molecule has 21 heavy (non-hydrogen) atoms. The van der Waals surface area contributed by atoms with E-state index in [-0.39, 0.29) is 24.2 Å². The summed E-state index contributed by atoms with van der Waals surface area (Å²) in [6.07, 6.45) is 4.80. The number of ether oxygens (including phenoxy) is 1. The molecule has 1 amide bonds. The van der Waals surface area contributed by atoms with Crippen LogP contribution in [0.2, 0.25) is 5.02 Å². The number of hydrogen-bond donors (Lipinski definition) is 2. The second-order valence-corrected chi connectivity index (χ2v) is 6.19. The van der Waals surface area contributed by atoms with Crippen LogP contribution < -0.4 is 5.32 Å². The summed E-state index contributed by atoms with van der Waals surface area (Å²) in [6, 6.07) is 1.63. The number of hydrogen-bond acceptors (Lipinski definition) is 3. The number of nitrogens with one attached hydrogen (secondary N) is 2. The molecule has 5 nitrogen and oxygen atoms in total. The summed E-state index contributed by atoms with van der Waals surface area (Å²) < 4.78 is 4.97. The normalized spacial score (nSPS) is 25.4. The van der Waals surface area contributed by atoms with E-state index in [1.54, 1.807) is 0 Å². The number of amides is 1. The Morgan fingerprint density at radius 1 is 1.43 bits per heavy atom. The molecule has 3 unspecified atom stereocenters. The number of aromatic nitrogens is 1. The average Bonchev–Trinajstić information content (AvgIpc) is 2.88. The first-order chi connectivity index (χ1) is 9.97. The lowest BCUT2D eigenvalue weighted by atomic mass is 9.78. The Hall–Kier alpha value is -1.49. The van der Waals surface area contributed by atoms with Crippen molar-refractivity contribution in [2.45, 2.75) is 39.2 Å². The number of H-pyrrole nitrogens is 1. The monoisotopic (exact) mass is 312 g/mol. The van der Waals surface area contributed by atoms with Gasteiger partial charge in [0.1, 0.15) is 5.69 Å². The van der Waals surface area contributed by atoms with Gasteiger partial charge in [0, 0.05) is 12.2 Å². The highest BCUT2D eigenvalue weighted by Crippen LogP contribution is 2.29. The van der Waals surface area contributed by atoms with E-state index in [2.05, 4.69) is 24.1 Å². The molecule has 1 fully saturated rings. The number of halogens is 1. The predicted molar refractivity (Wildman–Crippen MR) is 80.2 cm³/mol. The highest BCUT2D eigenvalue weighted by atomic mass is 35.5. The summed E-state index contributed by atoms with van der Waals surface area (Å²) in [5.41, 5.74) is 0.243. The van der Waals surface area contributed by atoms with Crippen LogP contribution in [0.4, 0.5) is 0 Å². The van der Waals surface area contributed by atoms with Gasteiger partial charge in [0.25, 0.3) is 5.91 Å². The van der Waals surface area contributed by atoms with Crippen LogP contribution in [-0.2, 0) is 9.53 Å². The van der Waals surface area contributed by atoms with Gasteiger partial charge in [-0.2, -0.15) is 0 Å². The predicted octanol–water partition coefficient (Wildman–Crippen LogP) is 2.77. The lowest BCUT2D eigenvalue weighted by molar-refractivity contribution is -0.125. The lowest BCUT2D eigenvalue weighted by Gasteiger charge is -2.34. The van der Waals surface area contributed by atoms with Crippen LogP contribution in [-0.4, -0.2) is 29.5 Å². The molecule has 0 aromatic carbocycles. The van der Waals surface area contributed by atoms with Crippen molar-refractivity contribution < 1.29 is 14.3 Å². The fourth-order valence-electron chi connectivity index (χ4n) is 2.73. The molecule has 0 radical (unpaired) electrons. The van der Waals surface area contributed by atoms with Crippen molar-refractivity contribution in [3.63, 3.8) is 0 Å². The summed E-state index contributed by atoms with van der Waals surface area (Å²) in [4.78, 5) is 26.2. The Kier molecular flexibility index (Phi) is 5.28. The molecule has 116 valence electrons. The second-order valence-electron chi connectivity index (χ2n) is 5.75. The minimum Gasteiger partial charge on any atom is -0.451 e. The summed E-state index contributed by atoms with van der Waals surface area (Å²) in [7, 11) is 0. The van der Waals surface area contributed by atoms with Crippen molar-refractivity contribution in [2.24, 2.45) is 11.8 Å². The van der Waals surface area contributed by atoms with E-state index in [9.17, 15) is 9.59 Å². The zero-order valence-electron chi connectivity index (χ0n) is 12.3. The van der Waals surface area contributed by atoms with Gasteiger partial charge in [-0.1, -0.05) is 38.3 Å². The molecule has 0 saturated heterocycles. The van der Waals surface area contributed by atoms with Crippen LogP contribution in [0.5, 0.6) is 0 Å². The van der Waals surface area contributed by atoms with Gasteiger partial charge in [0.2, 0.25) is 0 Å². The largest absolute Gasteiger partial charge is 0.451 e. The van der Waals surface area contributed by atoms with Gasteiger partial charge in [0.15, 0.2) is 6.61 Å². The highest BCUT2D eigenvalue weighted by Gasteiger charge is 2.28. The molecule has 1 heterocycles. The summed E-state index contributed by atoms with van der Waals surface area (Å²) >= 11 is 5.71. The SMILES string of the molecule is CC1CCCC(NC(=O)COC(=O)c2cc(Cl)c[nH]2)C1C. The van der Waals surface area contributed by atoms with Gasteiger partial charge >= 0.3 is 5.97 Å². The van der Waals surface area contributed by atoms with Crippen LogP contribution in [0.3, 0.4) is 0 Å². The first-order valence-corrected chi connectivity index (χ1v) is 7.65. The van der Waals surface area contributed by atoms with Crippen LogP contribution in [0, 0.1) is 11.8 Å². The minimum atomic E-state index is -0.581. The molecule has 1 aromatic heterocycles. The molecule has 1 saturated carbocycles. The lowest BCUT2D eigenvalue weighted by Crippen LogP contribution is -2.45. The molecular formula is C15H21ClN2O3. The number of esters is 1. The molecule has 0 spiro atoms. The maximum atomic E-state index is 11.9. The third-order valence-electron chi connectivity index (χ3n) is 4.26. The molecule has 2 rings (SSSR count). The maximum Gasteiger partial charge on any atom is 0.355 e. The molecule has 3 atom stereocenters. The summed E-state index contributed by atoms with van der Waals surface area (Å²) in [5, 5.41) is 3.39. The molecule has 2 N–H and O–H groups in total. The zero-order chi connectivity index (χ0) is 15.4. The van der Waals surface area contributed by atoms with E-state index >= 15 is 0 Å². The van der Waals surface area contributed by atoms with Crippen molar-refractivity contribution >= 4 is 23.5 Å². The second kappa shape index (κ2) is 6.98. The van der Waals surface area contributed by atoms with Crippen molar-refractivity contribution in [3.8, 4) is 0 Å². The van der Waals surface area contributed by atoms with Gasteiger partial charge in [-0.25, -0.2) is 4.79 Å². The van der Waals surface area contributed by atoms with Crippen LogP contribution in [0.25, 0.3) is 0 Å². The molecule has 0 bridgehead atoms. The van der Waals surface area contributed by atoms with E-state index in [0.29, 0.717) is 16.9 Å². The minimum absolute atomic E-state index is 0.167. The standard InChI is InChI=1S/C15H21ClN2O3/c1-9-4-3-5-12(10(9)2)18-14(19)8-21-15(20)13-6-11(16)7-17-13/h6-7,9-10,12,17H,3-5,8H2,1-2H3,(H,18,19). The van der Waals surface area contributed by atoms with Gasteiger partial charge in [0.05, 0.1) is 5.02 Å². The van der Waals surface area contributed by atoms with Crippen LogP contribution in [0.15, 0.2) is 12.3 Å². The fraction of sp³-hybridized carbons (Fsp3) is 0.600. The molecule has 6 heteroatoms. The zero-order valence-corrected chi connectivity index (χ0v) is 13.1. The van der Waals surface area contributed by atoms with E-state index < -0.39 is 5.97 Å². The number of aromatic amines is 1. The molecule has 1 aromatic rings. The Morgan fingerprint density at radius 2 is 2.19 bits per heavy atom. The van der Waals surface area contributed by atoms with E-state index in [1.807, 2.05) is 0 Å². The third-order valence-corrected chi connectivity index (χ3v) is 4.47. The molecule has 0 aliphatic heterocycles. The van der Waals surface area contributed by atoms with Crippen molar-refractivity contribution in [3.05, 3.63) is 23.0 Å². The van der Waals surface area contributed by atoms with Gasteiger partial charge in [-0.15, -0.1) is 0 Å². The van der Waals surface area contributed by atoms with Gasteiger partial charge < -0.3 is 15.0 Å². The smallest absolute Gasteiger partial charge is 0.355 e. The van der Waals surface area contributed by atoms with E-state index in [4.69, 9.17) is 16.3 Å². The Bertz CT molecular complexity index is 515. The Morgan fingerprint density at radius 3 is 2.86 bits per heavy atom. The van der Waals surface area contributed by atoms with Crippen molar-refractivity contribution in [1.82, 2.24) is 10.3 Å². The molecule has 1 aliphatic rings. The number of rotatable bonds is 4. The molecular weight excluding hydrogens is 292 g/mol. The highest BCUT2D eigenvalue weighted by molar-refractivity contribution is 6.30. The van der Waals surface area contributed by atoms with Crippen molar-refractivity contribution in [2.75, 3.05) is 6.61 Å². The van der Waals surface area contributed by atoms with E-state index in [0.717, 1.165) is 12.8 Å². The average molecular weight is 313 g/mol. The van der Waals surface area contributed by atoms with Crippen LogP contribution >= 0.6 is 11.6 Å². The summed E-state index contributed by atoms with van der Waals surface area (Å²) in [5.74, 6) is 0.210. The maximum absolute atomic E-state index is 11.9. The third kappa shape index (κ3) is 4.24. The van der Waals surface area contributed by atoms with Crippen molar-refractivity contribution in [1.29, 1.82) is 0 Å². The first-order valence-electron chi connectivity index (χ1n) is 7.27.